The number of hydrogen-bond acceptors (Lipinski definition) is 1. The van der Waals surface area contributed by atoms with Crippen molar-refractivity contribution in [3.05, 3.63) is 35.4 Å². The van der Waals surface area contributed by atoms with Gasteiger partial charge in [-0.15, -0.1) is 0 Å². The van der Waals surface area contributed by atoms with E-state index in [1.54, 1.807) is 0 Å². The van der Waals surface area contributed by atoms with Gasteiger partial charge in [-0.3, -0.25) is 0 Å². The quantitative estimate of drug-likeness (QED) is 0.799. The molecule has 1 aliphatic rings. The lowest BCUT2D eigenvalue weighted by atomic mass is 9.79. The molecule has 0 heterocycles. The zero-order valence-corrected chi connectivity index (χ0v) is 11.2. The molecule has 0 amide bonds. The Balaban J connectivity index is 1.96. The van der Waals surface area contributed by atoms with Crippen LogP contribution in [0.4, 0.5) is 0 Å². The summed E-state index contributed by atoms with van der Waals surface area (Å²) in [6.45, 7) is 4.52. The second-order valence-electron chi connectivity index (χ2n) is 5.62. The predicted molar refractivity (Wildman–Crippen MR) is 74.0 cm³/mol. The van der Waals surface area contributed by atoms with Gasteiger partial charge in [0.25, 0.3) is 0 Å². The Hall–Kier alpha value is -0.820. The van der Waals surface area contributed by atoms with Crippen LogP contribution in [0.5, 0.6) is 0 Å². The summed E-state index contributed by atoms with van der Waals surface area (Å²) in [4.78, 5) is 0. The first-order valence-corrected chi connectivity index (χ1v) is 7.06. The zero-order valence-electron chi connectivity index (χ0n) is 11.2. The molecule has 0 radical (unpaired) electrons. The normalized spacial score (nSPS) is 19.7. The fraction of sp³-hybridized carbons (Fsp3) is 0.625. The Morgan fingerprint density at radius 3 is 2.24 bits per heavy atom. The Morgan fingerprint density at radius 2 is 1.76 bits per heavy atom. The van der Waals surface area contributed by atoms with Gasteiger partial charge < -0.3 is 5.73 Å². The van der Waals surface area contributed by atoms with E-state index < -0.39 is 0 Å². The van der Waals surface area contributed by atoms with E-state index in [4.69, 9.17) is 5.73 Å². The van der Waals surface area contributed by atoms with Crippen LogP contribution in [0, 0.1) is 5.92 Å². The first kappa shape index (κ1) is 12.6. The fourth-order valence-corrected chi connectivity index (χ4v) is 2.53. The largest absolute Gasteiger partial charge is 0.324 e. The van der Waals surface area contributed by atoms with Crippen molar-refractivity contribution in [2.75, 3.05) is 0 Å². The van der Waals surface area contributed by atoms with Crippen LogP contribution in [0.15, 0.2) is 24.3 Å². The van der Waals surface area contributed by atoms with Gasteiger partial charge in [0.1, 0.15) is 0 Å². The third-order valence-corrected chi connectivity index (χ3v) is 4.36. The van der Waals surface area contributed by atoms with Crippen LogP contribution in [0.2, 0.25) is 0 Å². The standard InChI is InChI=1S/C16H25N/c1-3-12(2)14-7-9-15(10-8-14)16(17)11-13-5-4-6-13/h7-10,12-13,16H,3-6,11,17H2,1-2H3. The zero-order chi connectivity index (χ0) is 12.3. The van der Waals surface area contributed by atoms with Crippen molar-refractivity contribution in [2.45, 2.75) is 57.9 Å². The number of rotatable bonds is 5. The number of hydrogen-bond donors (Lipinski definition) is 1. The van der Waals surface area contributed by atoms with Gasteiger partial charge in [0.15, 0.2) is 0 Å². The third-order valence-electron chi connectivity index (χ3n) is 4.36. The number of benzene rings is 1. The Morgan fingerprint density at radius 1 is 1.18 bits per heavy atom. The van der Waals surface area contributed by atoms with Gasteiger partial charge in [0.2, 0.25) is 0 Å². The summed E-state index contributed by atoms with van der Waals surface area (Å²) in [6.07, 6.45) is 6.55. The molecule has 1 fully saturated rings. The maximum absolute atomic E-state index is 6.26. The van der Waals surface area contributed by atoms with Gasteiger partial charge in [0.05, 0.1) is 0 Å². The van der Waals surface area contributed by atoms with Crippen molar-refractivity contribution < 1.29 is 0 Å². The molecule has 0 bridgehead atoms. The smallest absolute Gasteiger partial charge is 0.0297 e. The highest BCUT2D eigenvalue weighted by Crippen LogP contribution is 2.34. The summed E-state index contributed by atoms with van der Waals surface area (Å²) >= 11 is 0. The minimum Gasteiger partial charge on any atom is -0.324 e. The summed E-state index contributed by atoms with van der Waals surface area (Å²) < 4.78 is 0. The topological polar surface area (TPSA) is 26.0 Å². The lowest BCUT2D eigenvalue weighted by molar-refractivity contribution is 0.277. The molecule has 1 aliphatic carbocycles. The van der Waals surface area contributed by atoms with E-state index in [0.29, 0.717) is 5.92 Å². The molecule has 0 aliphatic heterocycles. The van der Waals surface area contributed by atoms with E-state index in [-0.39, 0.29) is 6.04 Å². The molecule has 2 atom stereocenters. The fourth-order valence-electron chi connectivity index (χ4n) is 2.53. The maximum Gasteiger partial charge on any atom is 0.0297 e. The Bertz CT molecular complexity index is 337. The molecular formula is C16H25N. The van der Waals surface area contributed by atoms with Crippen LogP contribution in [-0.4, -0.2) is 0 Å². The van der Waals surface area contributed by atoms with Crippen LogP contribution in [0.25, 0.3) is 0 Å². The van der Waals surface area contributed by atoms with E-state index in [0.717, 1.165) is 5.92 Å². The molecule has 0 spiro atoms. The van der Waals surface area contributed by atoms with Gasteiger partial charge in [-0.1, -0.05) is 57.4 Å². The van der Waals surface area contributed by atoms with E-state index in [1.165, 1.54) is 43.2 Å². The van der Waals surface area contributed by atoms with Crippen molar-refractivity contribution in [1.82, 2.24) is 0 Å². The van der Waals surface area contributed by atoms with E-state index in [9.17, 15) is 0 Å². The van der Waals surface area contributed by atoms with E-state index in [1.807, 2.05) is 0 Å². The number of nitrogens with two attached hydrogens (primary N) is 1. The molecular weight excluding hydrogens is 206 g/mol. The van der Waals surface area contributed by atoms with Gasteiger partial charge in [-0.05, 0) is 35.8 Å². The second kappa shape index (κ2) is 5.68. The first-order chi connectivity index (χ1) is 8.20. The summed E-state index contributed by atoms with van der Waals surface area (Å²) in [6, 6.07) is 9.20. The molecule has 2 N–H and O–H groups in total. The van der Waals surface area contributed by atoms with E-state index in [2.05, 4.69) is 38.1 Å². The second-order valence-corrected chi connectivity index (χ2v) is 5.62. The lowest BCUT2D eigenvalue weighted by Crippen LogP contribution is -2.20. The average Bonchev–Trinajstić information content (AvgIpc) is 2.32. The Labute approximate surface area is 105 Å². The van der Waals surface area contributed by atoms with Crippen LogP contribution in [0.3, 0.4) is 0 Å². The summed E-state index contributed by atoms with van der Waals surface area (Å²) in [5.74, 6) is 1.55. The van der Waals surface area contributed by atoms with E-state index >= 15 is 0 Å². The Kier molecular flexibility index (Phi) is 4.22. The van der Waals surface area contributed by atoms with Crippen molar-refractivity contribution in [2.24, 2.45) is 11.7 Å². The molecule has 2 unspecified atom stereocenters. The van der Waals surface area contributed by atoms with Crippen molar-refractivity contribution in [1.29, 1.82) is 0 Å². The van der Waals surface area contributed by atoms with Gasteiger partial charge in [-0.2, -0.15) is 0 Å². The predicted octanol–water partition coefficient (Wildman–Crippen LogP) is 4.39. The minimum atomic E-state index is 0.242. The highest BCUT2D eigenvalue weighted by atomic mass is 14.6. The highest BCUT2D eigenvalue weighted by Gasteiger charge is 2.20. The lowest BCUT2D eigenvalue weighted by Gasteiger charge is -2.28. The van der Waals surface area contributed by atoms with Crippen molar-refractivity contribution in [3.63, 3.8) is 0 Å². The van der Waals surface area contributed by atoms with Gasteiger partial charge in [0, 0.05) is 6.04 Å². The third kappa shape index (κ3) is 3.10. The summed E-state index contributed by atoms with van der Waals surface area (Å²) in [7, 11) is 0. The minimum absolute atomic E-state index is 0.242. The maximum atomic E-state index is 6.26. The molecule has 2 rings (SSSR count). The molecule has 1 aromatic carbocycles. The van der Waals surface area contributed by atoms with Crippen LogP contribution in [-0.2, 0) is 0 Å². The monoisotopic (exact) mass is 231 g/mol. The van der Waals surface area contributed by atoms with Gasteiger partial charge in [-0.25, -0.2) is 0 Å². The SMILES string of the molecule is CCC(C)c1ccc(C(N)CC2CCC2)cc1. The average molecular weight is 231 g/mol. The molecule has 0 saturated heterocycles. The van der Waals surface area contributed by atoms with Crippen molar-refractivity contribution >= 4 is 0 Å². The molecule has 1 saturated carbocycles. The molecule has 0 aromatic heterocycles. The molecule has 1 heteroatoms. The molecule has 1 aromatic rings. The molecule has 94 valence electrons. The first-order valence-electron chi connectivity index (χ1n) is 7.06. The molecule has 1 nitrogen and oxygen atoms in total. The highest BCUT2D eigenvalue weighted by molar-refractivity contribution is 5.27. The van der Waals surface area contributed by atoms with Crippen LogP contribution >= 0.6 is 0 Å². The van der Waals surface area contributed by atoms with Crippen LogP contribution < -0.4 is 5.73 Å². The van der Waals surface area contributed by atoms with Crippen molar-refractivity contribution in [3.8, 4) is 0 Å². The van der Waals surface area contributed by atoms with Gasteiger partial charge >= 0.3 is 0 Å². The van der Waals surface area contributed by atoms with Crippen LogP contribution in [0.1, 0.15) is 69.0 Å². The molecule has 17 heavy (non-hydrogen) atoms. The summed E-state index contributed by atoms with van der Waals surface area (Å²) in [5.41, 5.74) is 9.01. The summed E-state index contributed by atoms with van der Waals surface area (Å²) in [5, 5.41) is 0.